The summed E-state index contributed by atoms with van der Waals surface area (Å²) in [7, 11) is -0.136. The van der Waals surface area contributed by atoms with E-state index in [1.165, 1.54) is 30.0 Å². The van der Waals surface area contributed by atoms with E-state index in [4.69, 9.17) is 14.1 Å². The highest BCUT2D eigenvalue weighted by Gasteiger charge is 2.43. The SMILES string of the molecule is CC(=O)OCc1c(BOC(C)(C)C(C)(O)CC(C)(C)C)cc(F)cc1N1CCOc2cc(C3CC3)cc(F)c2C1=O. The number of nitrogens with zero attached hydrogens (tertiary/aromatic N) is 1. The lowest BCUT2D eigenvalue weighted by molar-refractivity contribution is -0.142. The first-order valence-corrected chi connectivity index (χ1v) is 14.1. The van der Waals surface area contributed by atoms with Crippen LogP contribution >= 0.6 is 0 Å². The first kappa shape index (κ1) is 31.0. The van der Waals surface area contributed by atoms with E-state index in [9.17, 15) is 14.7 Å². The molecule has 41 heavy (non-hydrogen) atoms. The highest BCUT2D eigenvalue weighted by molar-refractivity contribution is 6.48. The minimum Gasteiger partial charge on any atom is -0.491 e. The maximum absolute atomic E-state index is 15.3. The predicted molar refractivity (Wildman–Crippen MR) is 154 cm³/mol. The van der Waals surface area contributed by atoms with Crippen molar-refractivity contribution < 1.29 is 37.6 Å². The van der Waals surface area contributed by atoms with Crippen molar-refractivity contribution in [3.8, 4) is 5.75 Å². The first-order valence-electron chi connectivity index (χ1n) is 14.1. The molecule has 0 aromatic heterocycles. The van der Waals surface area contributed by atoms with Crippen LogP contribution in [0.25, 0.3) is 0 Å². The Morgan fingerprint density at radius 1 is 1.12 bits per heavy atom. The van der Waals surface area contributed by atoms with Crippen molar-refractivity contribution in [1.82, 2.24) is 0 Å². The van der Waals surface area contributed by atoms with Gasteiger partial charge in [-0.05, 0) is 86.7 Å². The molecule has 1 atom stereocenters. The number of aliphatic hydroxyl groups is 1. The zero-order valence-corrected chi connectivity index (χ0v) is 25.0. The van der Waals surface area contributed by atoms with Gasteiger partial charge in [0.15, 0.2) is 0 Å². The van der Waals surface area contributed by atoms with Crippen molar-refractivity contribution in [3.05, 3.63) is 52.6 Å². The molecule has 0 bridgehead atoms. The topological polar surface area (TPSA) is 85.3 Å². The van der Waals surface area contributed by atoms with Crippen LogP contribution in [-0.2, 0) is 20.8 Å². The summed E-state index contributed by atoms with van der Waals surface area (Å²) < 4.78 is 47.8. The molecule has 1 aliphatic carbocycles. The van der Waals surface area contributed by atoms with Crippen LogP contribution in [0, 0.1) is 17.0 Å². The molecule has 0 spiro atoms. The number of hydrogen-bond donors (Lipinski definition) is 1. The molecule has 1 saturated carbocycles. The lowest BCUT2D eigenvalue weighted by Crippen LogP contribution is -2.53. The summed E-state index contributed by atoms with van der Waals surface area (Å²) >= 11 is 0. The lowest BCUT2D eigenvalue weighted by atomic mass is 9.73. The van der Waals surface area contributed by atoms with Crippen molar-refractivity contribution in [1.29, 1.82) is 0 Å². The second-order valence-corrected chi connectivity index (χ2v) is 13.1. The number of carbonyl (C=O) groups excluding carboxylic acids is 2. The average molecular weight is 571 g/mol. The number of fused-ring (bicyclic) bond motifs is 1. The van der Waals surface area contributed by atoms with Gasteiger partial charge in [0, 0.05) is 12.5 Å². The standard InChI is InChI=1S/C31H40BF2NO6/c1-18(36)40-16-22-23(32-41-30(5,6)31(7,38)17-29(2,3)4)14-21(33)15-25(22)35-10-11-39-26-13-20(19-8-9-19)12-24(34)27(26)28(35)37/h12-15,19,32,38H,8-11,16-17H2,1-7H3. The Balaban J connectivity index is 1.71. The number of anilines is 1. The minimum atomic E-state index is -1.23. The average Bonchev–Trinajstić information content (AvgIpc) is 3.68. The summed E-state index contributed by atoms with van der Waals surface area (Å²) in [5, 5.41) is 11.3. The van der Waals surface area contributed by atoms with E-state index in [2.05, 4.69) is 0 Å². The monoisotopic (exact) mass is 571 g/mol. The number of carbonyl (C=O) groups is 2. The Morgan fingerprint density at radius 2 is 1.80 bits per heavy atom. The van der Waals surface area contributed by atoms with Crippen LogP contribution in [-0.4, -0.2) is 48.8 Å². The second-order valence-electron chi connectivity index (χ2n) is 13.1. The number of halogens is 2. The van der Waals surface area contributed by atoms with Gasteiger partial charge in [-0.15, -0.1) is 0 Å². The third-order valence-electron chi connectivity index (χ3n) is 7.91. The van der Waals surface area contributed by atoms with Crippen LogP contribution in [0.5, 0.6) is 5.75 Å². The van der Waals surface area contributed by atoms with Crippen LogP contribution in [0.4, 0.5) is 14.5 Å². The molecule has 0 saturated heterocycles. The zero-order valence-electron chi connectivity index (χ0n) is 25.0. The maximum atomic E-state index is 15.3. The van der Waals surface area contributed by atoms with Gasteiger partial charge in [0.2, 0.25) is 0 Å². The largest absolute Gasteiger partial charge is 0.491 e. The third-order valence-corrected chi connectivity index (χ3v) is 7.91. The Bertz CT molecular complexity index is 1330. The van der Waals surface area contributed by atoms with Crippen molar-refractivity contribution in [2.24, 2.45) is 5.41 Å². The van der Waals surface area contributed by atoms with Crippen LogP contribution in [0.15, 0.2) is 24.3 Å². The van der Waals surface area contributed by atoms with Crippen LogP contribution in [0.3, 0.4) is 0 Å². The number of amides is 1. The molecule has 4 rings (SSSR count). The van der Waals surface area contributed by atoms with Gasteiger partial charge >= 0.3 is 13.5 Å². The molecule has 1 aliphatic heterocycles. The molecule has 7 nitrogen and oxygen atoms in total. The van der Waals surface area contributed by atoms with Crippen molar-refractivity contribution >= 4 is 30.5 Å². The van der Waals surface area contributed by atoms with Crippen molar-refractivity contribution in [2.75, 3.05) is 18.1 Å². The predicted octanol–water partition coefficient (Wildman–Crippen LogP) is 4.90. The molecule has 0 radical (unpaired) electrons. The molecule has 1 fully saturated rings. The summed E-state index contributed by atoms with van der Waals surface area (Å²) in [6, 6.07) is 5.51. The number of benzene rings is 2. The normalized spacial score (nSPS) is 17.3. The van der Waals surface area contributed by atoms with E-state index in [0.29, 0.717) is 17.4 Å². The molecule has 2 aromatic rings. The van der Waals surface area contributed by atoms with Gasteiger partial charge < -0.3 is 24.1 Å². The van der Waals surface area contributed by atoms with Crippen LogP contribution in [0.2, 0.25) is 0 Å². The van der Waals surface area contributed by atoms with Gasteiger partial charge in [-0.1, -0.05) is 20.8 Å². The Kier molecular flexibility index (Phi) is 8.58. The molecular formula is C31H40BF2NO6. The summed E-state index contributed by atoms with van der Waals surface area (Å²) in [6.45, 7) is 12.3. The van der Waals surface area contributed by atoms with E-state index >= 15 is 8.78 Å². The number of rotatable bonds is 9. The van der Waals surface area contributed by atoms with E-state index in [-0.39, 0.29) is 55.6 Å². The second kappa shape index (κ2) is 11.4. The molecule has 2 aliphatic rings. The number of esters is 1. The lowest BCUT2D eigenvalue weighted by Gasteiger charge is -2.44. The number of ether oxygens (including phenoxy) is 2. The number of hydrogen-bond acceptors (Lipinski definition) is 6. The molecule has 222 valence electrons. The fourth-order valence-electron chi connectivity index (χ4n) is 5.34. The summed E-state index contributed by atoms with van der Waals surface area (Å²) in [6.07, 6.45) is 2.38. The molecule has 1 heterocycles. The van der Waals surface area contributed by atoms with Gasteiger partial charge in [0.25, 0.3) is 5.91 Å². The van der Waals surface area contributed by atoms with Gasteiger partial charge in [-0.2, -0.15) is 0 Å². The quantitative estimate of drug-likeness (QED) is 0.341. The third kappa shape index (κ3) is 7.09. The van der Waals surface area contributed by atoms with E-state index < -0.39 is 34.7 Å². The molecule has 1 N–H and O–H groups in total. The van der Waals surface area contributed by atoms with Crippen molar-refractivity contribution in [3.63, 3.8) is 0 Å². The summed E-state index contributed by atoms with van der Waals surface area (Å²) in [5.41, 5.74) is -1.05. The highest BCUT2D eigenvalue weighted by atomic mass is 19.1. The first-order chi connectivity index (χ1) is 19.0. The van der Waals surface area contributed by atoms with E-state index in [0.717, 1.165) is 18.4 Å². The fourth-order valence-corrected chi connectivity index (χ4v) is 5.34. The molecule has 10 heteroatoms. The van der Waals surface area contributed by atoms with E-state index in [1.807, 2.05) is 20.8 Å². The Morgan fingerprint density at radius 3 is 2.41 bits per heavy atom. The fraction of sp³-hybridized carbons (Fsp3) is 0.548. The smallest absolute Gasteiger partial charge is 0.310 e. The minimum absolute atomic E-state index is 0.0221. The summed E-state index contributed by atoms with van der Waals surface area (Å²) in [5.74, 6) is -2.13. The zero-order chi connectivity index (χ0) is 30.3. The Hall–Kier alpha value is -2.98. The van der Waals surface area contributed by atoms with Crippen LogP contribution in [0.1, 0.15) is 95.1 Å². The van der Waals surface area contributed by atoms with Crippen LogP contribution < -0.4 is 15.1 Å². The van der Waals surface area contributed by atoms with E-state index in [1.54, 1.807) is 26.8 Å². The van der Waals surface area contributed by atoms with Gasteiger partial charge in [-0.25, -0.2) is 8.78 Å². The maximum Gasteiger partial charge on any atom is 0.310 e. The molecular weight excluding hydrogens is 531 g/mol. The molecule has 2 aromatic carbocycles. The van der Waals surface area contributed by atoms with Gasteiger partial charge in [0.05, 0.1) is 23.4 Å². The Labute approximate surface area is 241 Å². The highest BCUT2D eigenvalue weighted by Crippen LogP contribution is 2.43. The molecule has 1 unspecified atom stereocenters. The van der Waals surface area contributed by atoms with Gasteiger partial charge in [0.1, 0.15) is 36.2 Å². The van der Waals surface area contributed by atoms with Gasteiger partial charge in [-0.3, -0.25) is 9.59 Å². The van der Waals surface area contributed by atoms with Crippen molar-refractivity contribution in [2.45, 2.75) is 91.5 Å². The molecule has 1 amide bonds. The summed E-state index contributed by atoms with van der Waals surface area (Å²) in [4.78, 5) is 26.8.